The fourth-order valence-corrected chi connectivity index (χ4v) is 4.03. The van der Waals surface area contributed by atoms with Crippen LogP contribution in [0.25, 0.3) is 11.3 Å². The number of fused-ring (bicyclic) bond motifs is 1. The summed E-state index contributed by atoms with van der Waals surface area (Å²) in [6.07, 6.45) is 4.42. The Bertz CT molecular complexity index is 928. The predicted octanol–water partition coefficient (Wildman–Crippen LogP) is 3.31. The first-order valence-electron chi connectivity index (χ1n) is 8.76. The molecular weight excluding hydrogens is 344 g/mol. The molecule has 1 aliphatic heterocycles. The Balaban J connectivity index is 1.56. The van der Waals surface area contributed by atoms with Crippen molar-refractivity contribution in [3.05, 3.63) is 71.3 Å². The molecule has 0 atom stereocenters. The minimum absolute atomic E-state index is 0.0159. The van der Waals surface area contributed by atoms with E-state index in [4.69, 9.17) is 4.98 Å². The number of anilines is 1. The fourth-order valence-electron chi connectivity index (χ4n) is 3.14. The average Bonchev–Trinajstić information content (AvgIpc) is 2.70. The number of hydrogen-bond donors (Lipinski definition) is 0. The SMILES string of the molecule is O=c1cc(-c2ccncc2)nc2n1CCCN2CCSc1ccccc1. The molecule has 0 spiro atoms. The van der Waals surface area contributed by atoms with Crippen molar-refractivity contribution in [3.8, 4) is 11.3 Å². The van der Waals surface area contributed by atoms with E-state index in [0.717, 1.165) is 43.3 Å². The first-order chi connectivity index (χ1) is 12.8. The van der Waals surface area contributed by atoms with Gasteiger partial charge < -0.3 is 4.90 Å². The van der Waals surface area contributed by atoms with E-state index in [1.54, 1.807) is 23.0 Å². The van der Waals surface area contributed by atoms with Crippen LogP contribution >= 0.6 is 11.8 Å². The van der Waals surface area contributed by atoms with Crippen LogP contribution < -0.4 is 10.5 Å². The smallest absolute Gasteiger partial charge is 0.255 e. The Morgan fingerprint density at radius 3 is 2.65 bits per heavy atom. The molecule has 4 rings (SSSR count). The number of aromatic nitrogens is 3. The second kappa shape index (κ2) is 7.74. The molecule has 0 fully saturated rings. The third kappa shape index (κ3) is 3.65. The van der Waals surface area contributed by atoms with E-state index >= 15 is 0 Å². The van der Waals surface area contributed by atoms with Crippen LogP contribution in [-0.4, -0.2) is 33.4 Å². The standard InChI is InChI=1S/C20H20N4OS/c25-19-15-18(16-7-9-21-10-8-16)22-20-23(11-4-12-24(19)20)13-14-26-17-5-2-1-3-6-17/h1-3,5-10,15H,4,11-14H2. The van der Waals surface area contributed by atoms with Gasteiger partial charge in [0.2, 0.25) is 5.95 Å². The molecule has 0 bridgehead atoms. The quantitative estimate of drug-likeness (QED) is 0.650. The van der Waals surface area contributed by atoms with Crippen molar-refractivity contribution in [2.24, 2.45) is 0 Å². The summed E-state index contributed by atoms with van der Waals surface area (Å²) < 4.78 is 1.79. The second-order valence-electron chi connectivity index (χ2n) is 6.17. The lowest BCUT2D eigenvalue weighted by atomic mass is 10.2. The molecule has 5 nitrogen and oxygen atoms in total. The highest BCUT2D eigenvalue weighted by molar-refractivity contribution is 7.99. The Morgan fingerprint density at radius 1 is 1.04 bits per heavy atom. The summed E-state index contributed by atoms with van der Waals surface area (Å²) in [6, 6.07) is 15.8. The summed E-state index contributed by atoms with van der Waals surface area (Å²) in [4.78, 5) is 24.9. The van der Waals surface area contributed by atoms with Crippen LogP contribution in [0, 0.1) is 0 Å². The highest BCUT2D eigenvalue weighted by Crippen LogP contribution is 2.23. The Labute approximate surface area is 156 Å². The first-order valence-corrected chi connectivity index (χ1v) is 9.75. The van der Waals surface area contributed by atoms with Crippen molar-refractivity contribution in [2.75, 3.05) is 23.7 Å². The average molecular weight is 364 g/mol. The van der Waals surface area contributed by atoms with Gasteiger partial charge in [0.1, 0.15) is 0 Å². The van der Waals surface area contributed by atoms with E-state index in [0.29, 0.717) is 5.69 Å². The third-order valence-electron chi connectivity index (χ3n) is 4.43. The zero-order valence-corrected chi connectivity index (χ0v) is 15.2. The van der Waals surface area contributed by atoms with Crippen molar-refractivity contribution < 1.29 is 0 Å². The maximum atomic E-state index is 12.6. The van der Waals surface area contributed by atoms with Crippen LogP contribution in [0.2, 0.25) is 0 Å². The molecule has 0 saturated carbocycles. The van der Waals surface area contributed by atoms with Gasteiger partial charge in [-0.15, -0.1) is 11.8 Å². The van der Waals surface area contributed by atoms with Crippen LogP contribution in [0.4, 0.5) is 5.95 Å². The molecule has 1 aliphatic rings. The number of benzene rings is 1. The van der Waals surface area contributed by atoms with Crippen LogP contribution in [0.5, 0.6) is 0 Å². The lowest BCUT2D eigenvalue weighted by Crippen LogP contribution is -2.39. The van der Waals surface area contributed by atoms with Crippen molar-refractivity contribution in [3.63, 3.8) is 0 Å². The van der Waals surface area contributed by atoms with E-state index < -0.39 is 0 Å². The zero-order valence-electron chi connectivity index (χ0n) is 14.4. The number of nitrogens with zero attached hydrogens (tertiary/aromatic N) is 4. The fraction of sp³-hybridized carbons (Fsp3) is 0.250. The second-order valence-corrected chi connectivity index (χ2v) is 7.34. The van der Waals surface area contributed by atoms with E-state index in [9.17, 15) is 4.79 Å². The molecule has 2 aromatic heterocycles. The van der Waals surface area contributed by atoms with Crippen LogP contribution in [0.1, 0.15) is 6.42 Å². The number of hydrogen-bond acceptors (Lipinski definition) is 5. The molecular formula is C20H20N4OS. The largest absolute Gasteiger partial charge is 0.341 e. The Kier molecular flexibility index (Phi) is 5.02. The number of thioether (sulfide) groups is 1. The highest BCUT2D eigenvalue weighted by atomic mass is 32.2. The van der Waals surface area contributed by atoms with E-state index in [-0.39, 0.29) is 5.56 Å². The summed E-state index contributed by atoms with van der Waals surface area (Å²) in [5.41, 5.74) is 1.65. The minimum Gasteiger partial charge on any atom is -0.341 e. The van der Waals surface area contributed by atoms with Gasteiger partial charge in [-0.2, -0.15) is 0 Å². The van der Waals surface area contributed by atoms with Gasteiger partial charge in [0.05, 0.1) is 5.69 Å². The minimum atomic E-state index is 0.0159. The molecule has 0 saturated heterocycles. The van der Waals surface area contributed by atoms with Gasteiger partial charge in [-0.05, 0) is 30.7 Å². The molecule has 6 heteroatoms. The van der Waals surface area contributed by atoms with Gasteiger partial charge in [0.15, 0.2) is 0 Å². The maximum absolute atomic E-state index is 12.6. The lowest BCUT2D eigenvalue weighted by Gasteiger charge is -2.31. The predicted molar refractivity (Wildman–Crippen MR) is 106 cm³/mol. The summed E-state index contributed by atoms with van der Waals surface area (Å²) in [6.45, 7) is 2.54. The van der Waals surface area contributed by atoms with Crippen molar-refractivity contribution in [1.82, 2.24) is 14.5 Å². The number of pyridine rings is 1. The van der Waals surface area contributed by atoms with Gasteiger partial charge >= 0.3 is 0 Å². The summed E-state index contributed by atoms with van der Waals surface area (Å²) in [5.74, 6) is 1.74. The van der Waals surface area contributed by atoms with Crippen LogP contribution in [0.15, 0.2) is 70.6 Å². The highest BCUT2D eigenvalue weighted by Gasteiger charge is 2.20. The molecule has 0 amide bonds. The summed E-state index contributed by atoms with van der Waals surface area (Å²) in [5, 5.41) is 0. The maximum Gasteiger partial charge on any atom is 0.255 e. The van der Waals surface area contributed by atoms with E-state index in [1.165, 1.54) is 4.90 Å². The molecule has 0 N–H and O–H groups in total. The van der Waals surface area contributed by atoms with Crippen molar-refractivity contribution >= 4 is 17.7 Å². The summed E-state index contributed by atoms with van der Waals surface area (Å²) >= 11 is 1.83. The van der Waals surface area contributed by atoms with E-state index in [1.807, 2.05) is 30.0 Å². The topological polar surface area (TPSA) is 51.0 Å². The summed E-state index contributed by atoms with van der Waals surface area (Å²) in [7, 11) is 0. The van der Waals surface area contributed by atoms with Crippen molar-refractivity contribution in [2.45, 2.75) is 17.9 Å². The molecule has 26 heavy (non-hydrogen) atoms. The Morgan fingerprint density at radius 2 is 1.85 bits per heavy atom. The molecule has 3 heterocycles. The lowest BCUT2D eigenvalue weighted by molar-refractivity contribution is 0.539. The third-order valence-corrected chi connectivity index (χ3v) is 5.42. The zero-order chi connectivity index (χ0) is 17.8. The normalized spacial score (nSPS) is 13.5. The van der Waals surface area contributed by atoms with Crippen LogP contribution in [-0.2, 0) is 6.54 Å². The van der Waals surface area contributed by atoms with Gasteiger partial charge in [0, 0.05) is 54.3 Å². The molecule has 0 aliphatic carbocycles. The van der Waals surface area contributed by atoms with Crippen LogP contribution in [0.3, 0.4) is 0 Å². The molecule has 0 unspecified atom stereocenters. The Hall–Kier alpha value is -2.60. The van der Waals surface area contributed by atoms with E-state index in [2.05, 4.69) is 34.1 Å². The number of rotatable bonds is 5. The van der Waals surface area contributed by atoms with Gasteiger partial charge in [0.25, 0.3) is 5.56 Å². The molecule has 3 aromatic rings. The first kappa shape index (κ1) is 16.8. The molecule has 132 valence electrons. The monoisotopic (exact) mass is 364 g/mol. The molecule has 0 radical (unpaired) electrons. The van der Waals surface area contributed by atoms with Gasteiger partial charge in [-0.25, -0.2) is 4.98 Å². The van der Waals surface area contributed by atoms with Gasteiger partial charge in [-0.1, -0.05) is 18.2 Å². The van der Waals surface area contributed by atoms with Gasteiger partial charge in [-0.3, -0.25) is 14.3 Å². The molecule has 1 aromatic carbocycles. The van der Waals surface area contributed by atoms with Crippen molar-refractivity contribution in [1.29, 1.82) is 0 Å².